The number of fused-ring (bicyclic) bond motifs is 1. The third-order valence-corrected chi connectivity index (χ3v) is 2.67. The van der Waals surface area contributed by atoms with Gasteiger partial charge in [-0.3, -0.25) is 4.79 Å². The van der Waals surface area contributed by atoms with E-state index < -0.39 is 17.9 Å². The maximum Gasteiger partial charge on any atom is 0.418 e. The van der Waals surface area contributed by atoms with Gasteiger partial charge in [-0.1, -0.05) is 24.3 Å². The number of carbonyl (C=O) groups is 2. The van der Waals surface area contributed by atoms with E-state index in [4.69, 9.17) is 5.11 Å². The number of benzene rings is 1. The lowest BCUT2D eigenvalue weighted by Gasteiger charge is -2.10. The van der Waals surface area contributed by atoms with Gasteiger partial charge in [0.15, 0.2) is 0 Å². The van der Waals surface area contributed by atoms with Crippen molar-refractivity contribution in [3.05, 3.63) is 42.5 Å². The third kappa shape index (κ3) is 1.39. The molecule has 0 spiro atoms. The molecular formula is C12H11NO3. The second kappa shape index (κ2) is 3.81. The molecule has 0 unspecified atom stereocenters. The van der Waals surface area contributed by atoms with Gasteiger partial charge in [-0.2, -0.15) is 0 Å². The van der Waals surface area contributed by atoms with Crippen LogP contribution < -0.4 is 4.90 Å². The fraction of sp³-hybridized carbons (Fsp3) is 0.167. The first-order valence-electron chi connectivity index (χ1n) is 4.93. The highest BCUT2D eigenvalue weighted by atomic mass is 16.4. The Morgan fingerprint density at radius 2 is 2.19 bits per heavy atom. The summed E-state index contributed by atoms with van der Waals surface area (Å²) in [6.07, 6.45) is 0.855. The lowest BCUT2D eigenvalue weighted by molar-refractivity contribution is -0.118. The zero-order valence-electron chi connectivity index (χ0n) is 8.59. The molecule has 1 aliphatic heterocycles. The van der Waals surface area contributed by atoms with E-state index >= 15 is 0 Å². The molecule has 2 amide bonds. The van der Waals surface area contributed by atoms with Gasteiger partial charge in [0.1, 0.15) is 0 Å². The number of nitrogens with zero attached hydrogens (tertiary/aromatic N) is 1. The summed E-state index contributed by atoms with van der Waals surface area (Å²) in [6.45, 7) is 3.58. The molecule has 1 heterocycles. The number of anilines is 1. The molecule has 1 aromatic carbocycles. The topological polar surface area (TPSA) is 57.6 Å². The summed E-state index contributed by atoms with van der Waals surface area (Å²) in [5.74, 6) is -0.807. The van der Waals surface area contributed by atoms with Crippen LogP contribution in [0.4, 0.5) is 10.5 Å². The summed E-state index contributed by atoms with van der Waals surface area (Å²) in [5.41, 5.74) is 1.22. The Morgan fingerprint density at radius 3 is 2.81 bits per heavy atom. The molecule has 4 nitrogen and oxygen atoms in total. The molecule has 0 aromatic heterocycles. The summed E-state index contributed by atoms with van der Waals surface area (Å²) in [5, 5.41) is 9.00. The van der Waals surface area contributed by atoms with Crippen molar-refractivity contribution in [2.75, 3.05) is 4.90 Å². The predicted molar refractivity (Wildman–Crippen MR) is 59.5 cm³/mol. The van der Waals surface area contributed by atoms with Crippen LogP contribution in [-0.4, -0.2) is 17.1 Å². The van der Waals surface area contributed by atoms with E-state index in [0.717, 1.165) is 10.5 Å². The normalized spacial score (nSPS) is 18.4. The standard InChI is InChI=1S/C12H11NO3/c1-2-5-9-8-6-3-4-7-10(8)13(11(9)14)12(15)16/h2-4,6-7,9H,1,5H2,(H,15,16)/t9-/m0/s1. The van der Waals surface area contributed by atoms with E-state index in [2.05, 4.69) is 6.58 Å². The third-order valence-electron chi connectivity index (χ3n) is 2.67. The summed E-state index contributed by atoms with van der Waals surface area (Å²) in [4.78, 5) is 23.7. The van der Waals surface area contributed by atoms with Crippen LogP contribution in [0.3, 0.4) is 0 Å². The monoisotopic (exact) mass is 217 g/mol. The summed E-state index contributed by atoms with van der Waals surface area (Å²) >= 11 is 0. The second-order valence-electron chi connectivity index (χ2n) is 3.59. The Morgan fingerprint density at radius 1 is 1.50 bits per heavy atom. The van der Waals surface area contributed by atoms with Gasteiger partial charge in [0.05, 0.1) is 11.6 Å². The largest absolute Gasteiger partial charge is 0.464 e. The van der Waals surface area contributed by atoms with Crippen molar-refractivity contribution in [1.29, 1.82) is 0 Å². The number of hydrogen-bond donors (Lipinski definition) is 1. The van der Waals surface area contributed by atoms with Gasteiger partial charge in [0.25, 0.3) is 0 Å². The highest BCUT2D eigenvalue weighted by molar-refractivity contribution is 6.18. The van der Waals surface area contributed by atoms with Crippen LogP contribution in [0.1, 0.15) is 17.9 Å². The average molecular weight is 217 g/mol. The fourth-order valence-electron chi connectivity index (χ4n) is 1.99. The average Bonchev–Trinajstić information content (AvgIpc) is 2.53. The highest BCUT2D eigenvalue weighted by Gasteiger charge is 2.39. The molecule has 1 N–H and O–H groups in total. The van der Waals surface area contributed by atoms with Crippen molar-refractivity contribution >= 4 is 17.7 Å². The molecule has 4 heteroatoms. The molecule has 0 saturated heterocycles. The first-order chi connectivity index (χ1) is 7.66. The molecule has 82 valence electrons. The van der Waals surface area contributed by atoms with Crippen molar-refractivity contribution in [2.45, 2.75) is 12.3 Å². The van der Waals surface area contributed by atoms with Crippen LogP contribution in [0, 0.1) is 0 Å². The van der Waals surface area contributed by atoms with Crippen LogP contribution in [-0.2, 0) is 4.79 Å². The van der Waals surface area contributed by atoms with Gasteiger partial charge in [-0.15, -0.1) is 6.58 Å². The van der Waals surface area contributed by atoms with E-state index in [0.29, 0.717) is 12.1 Å². The van der Waals surface area contributed by atoms with Crippen LogP contribution in [0.15, 0.2) is 36.9 Å². The first kappa shape index (κ1) is 10.4. The molecule has 1 aromatic rings. The maximum atomic E-state index is 11.9. The van der Waals surface area contributed by atoms with Crippen molar-refractivity contribution in [3.63, 3.8) is 0 Å². The lowest BCUT2D eigenvalue weighted by Crippen LogP contribution is -2.33. The highest BCUT2D eigenvalue weighted by Crippen LogP contribution is 2.38. The molecule has 0 fully saturated rings. The van der Waals surface area contributed by atoms with Crippen molar-refractivity contribution in [3.8, 4) is 0 Å². The van der Waals surface area contributed by atoms with Gasteiger partial charge in [-0.25, -0.2) is 9.69 Å². The number of rotatable bonds is 2. The molecule has 0 bridgehead atoms. The number of allylic oxidation sites excluding steroid dienone is 1. The number of carbonyl (C=O) groups excluding carboxylic acids is 1. The minimum Gasteiger partial charge on any atom is -0.464 e. The molecule has 2 rings (SSSR count). The number of imide groups is 1. The van der Waals surface area contributed by atoms with E-state index in [1.54, 1.807) is 30.3 Å². The van der Waals surface area contributed by atoms with E-state index in [1.807, 2.05) is 0 Å². The zero-order valence-corrected chi connectivity index (χ0v) is 8.59. The maximum absolute atomic E-state index is 11.9. The Labute approximate surface area is 92.8 Å². The van der Waals surface area contributed by atoms with Gasteiger partial charge in [0, 0.05) is 0 Å². The quantitative estimate of drug-likeness (QED) is 0.773. The van der Waals surface area contributed by atoms with Gasteiger partial charge in [-0.05, 0) is 18.1 Å². The number of amides is 2. The number of para-hydroxylation sites is 1. The van der Waals surface area contributed by atoms with Crippen molar-refractivity contribution in [2.24, 2.45) is 0 Å². The van der Waals surface area contributed by atoms with Crippen LogP contribution in [0.2, 0.25) is 0 Å². The van der Waals surface area contributed by atoms with Crippen LogP contribution >= 0.6 is 0 Å². The number of carboxylic acid groups (broad SMARTS) is 1. The Hall–Kier alpha value is -2.10. The summed E-state index contributed by atoms with van der Waals surface area (Å²) in [6, 6.07) is 6.95. The van der Waals surface area contributed by atoms with Crippen molar-refractivity contribution < 1.29 is 14.7 Å². The van der Waals surface area contributed by atoms with Gasteiger partial charge in [0.2, 0.25) is 5.91 Å². The zero-order chi connectivity index (χ0) is 11.7. The Bertz CT molecular complexity index is 467. The molecule has 1 aliphatic rings. The second-order valence-corrected chi connectivity index (χ2v) is 3.59. The Kier molecular flexibility index (Phi) is 2.48. The summed E-state index contributed by atoms with van der Waals surface area (Å²) in [7, 11) is 0. The molecule has 0 saturated carbocycles. The van der Waals surface area contributed by atoms with Crippen LogP contribution in [0.5, 0.6) is 0 Å². The molecule has 16 heavy (non-hydrogen) atoms. The molecule has 0 aliphatic carbocycles. The predicted octanol–water partition coefficient (Wildman–Crippen LogP) is 2.37. The smallest absolute Gasteiger partial charge is 0.418 e. The van der Waals surface area contributed by atoms with E-state index in [-0.39, 0.29) is 0 Å². The molecule has 1 atom stereocenters. The first-order valence-corrected chi connectivity index (χ1v) is 4.93. The molecular weight excluding hydrogens is 206 g/mol. The number of hydrogen-bond acceptors (Lipinski definition) is 2. The van der Waals surface area contributed by atoms with Crippen LogP contribution in [0.25, 0.3) is 0 Å². The fourth-order valence-corrected chi connectivity index (χ4v) is 1.99. The molecule has 0 radical (unpaired) electrons. The van der Waals surface area contributed by atoms with E-state index in [9.17, 15) is 9.59 Å². The minimum atomic E-state index is -1.23. The Balaban J connectivity index is 2.52. The van der Waals surface area contributed by atoms with Gasteiger partial charge < -0.3 is 5.11 Å². The summed E-state index contributed by atoms with van der Waals surface area (Å²) < 4.78 is 0. The van der Waals surface area contributed by atoms with Gasteiger partial charge >= 0.3 is 6.09 Å². The minimum absolute atomic E-state index is 0.395. The SMILES string of the molecule is C=CC[C@@H]1C(=O)N(C(=O)O)c2ccccc21. The van der Waals surface area contributed by atoms with E-state index in [1.165, 1.54) is 0 Å². The lowest BCUT2D eigenvalue weighted by atomic mass is 9.97. The van der Waals surface area contributed by atoms with Crippen molar-refractivity contribution in [1.82, 2.24) is 0 Å².